The van der Waals surface area contributed by atoms with E-state index in [0.29, 0.717) is 12.6 Å². The molecule has 5 nitrogen and oxygen atoms in total. The number of aromatic nitrogens is 1. The number of ether oxygens (including phenoxy) is 1. The van der Waals surface area contributed by atoms with E-state index in [9.17, 15) is 0 Å². The second-order valence-electron chi connectivity index (χ2n) is 6.58. The Morgan fingerprint density at radius 2 is 1.92 bits per heavy atom. The molecule has 1 heterocycles. The lowest BCUT2D eigenvalue weighted by atomic mass is 10.1. The van der Waals surface area contributed by atoms with Crippen LogP contribution < -0.4 is 15.4 Å². The molecule has 1 fully saturated rings. The Labute approximate surface area is 155 Å². The van der Waals surface area contributed by atoms with Crippen molar-refractivity contribution >= 4 is 5.96 Å². The largest absolute Gasteiger partial charge is 0.474 e. The Morgan fingerprint density at radius 3 is 2.69 bits per heavy atom. The first-order valence-electron chi connectivity index (χ1n) is 9.44. The molecule has 0 unspecified atom stereocenters. The molecule has 2 N–H and O–H groups in total. The van der Waals surface area contributed by atoms with Crippen molar-refractivity contribution in [1.82, 2.24) is 15.6 Å². The maximum Gasteiger partial charge on any atom is 0.218 e. The molecular formula is C21H28N4O. The van der Waals surface area contributed by atoms with E-state index >= 15 is 0 Å². The van der Waals surface area contributed by atoms with E-state index in [0.717, 1.165) is 43.2 Å². The van der Waals surface area contributed by atoms with Gasteiger partial charge in [0.15, 0.2) is 5.96 Å². The smallest absolute Gasteiger partial charge is 0.218 e. The molecule has 0 radical (unpaired) electrons. The molecule has 138 valence electrons. The molecule has 1 aliphatic rings. The molecule has 0 spiro atoms. The molecule has 0 bridgehead atoms. The van der Waals surface area contributed by atoms with Crippen LogP contribution in [0, 0.1) is 0 Å². The molecule has 0 amide bonds. The second kappa shape index (κ2) is 9.80. The first-order chi connectivity index (χ1) is 12.8. The van der Waals surface area contributed by atoms with Crippen LogP contribution in [0.2, 0.25) is 0 Å². The minimum absolute atomic E-state index is 0.312. The highest BCUT2D eigenvalue weighted by molar-refractivity contribution is 5.79. The van der Waals surface area contributed by atoms with Gasteiger partial charge in [0.1, 0.15) is 6.10 Å². The monoisotopic (exact) mass is 352 g/mol. The third kappa shape index (κ3) is 5.48. The van der Waals surface area contributed by atoms with Crippen LogP contribution in [-0.4, -0.2) is 30.6 Å². The minimum atomic E-state index is 0.312. The average Bonchev–Trinajstić information content (AvgIpc) is 3.19. The van der Waals surface area contributed by atoms with Gasteiger partial charge in [-0.15, -0.1) is 0 Å². The lowest BCUT2D eigenvalue weighted by Crippen LogP contribution is -2.38. The molecule has 0 aliphatic heterocycles. The quantitative estimate of drug-likeness (QED) is 0.593. The van der Waals surface area contributed by atoms with E-state index in [1.807, 2.05) is 12.1 Å². The first kappa shape index (κ1) is 18.2. The number of rotatable bonds is 7. The highest BCUT2D eigenvalue weighted by atomic mass is 16.5. The van der Waals surface area contributed by atoms with Crippen molar-refractivity contribution in [2.45, 2.75) is 44.8 Å². The number of hydrogen-bond acceptors (Lipinski definition) is 3. The summed E-state index contributed by atoms with van der Waals surface area (Å²) in [6.07, 6.45) is 7.84. The summed E-state index contributed by atoms with van der Waals surface area (Å²) < 4.78 is 6.10. The van der Waals surface area contributed by atoms with E-state index in [4.69, 9.17) is 4.74 Å². The summed E-state index contributed by atoms with van der Waals surface area (Å²) in [5, 5.41) is 6.71. The Balaban J connectivity index is 1.49. The topological polar surface area (TPSA) is 58.5 Å². The number of guanidine groups is 1. The fourth-order valence-corrected chi connectivity index (χ4v) is 3.20. The Kier molecular flexibility index (Phi) is 6.88. The molecule has 1 saturated carbocycles. The van der Waals surface area contributed by atoms with Gasteiger partial charge in [-0.1, -0.05) is 36.4 Å². The van der Waals surface area contributed by atoms with E-state index in [2.05, 4.69) is 50.9 Å². The number of nitrogens with one attached hydrogen (secondary N) is 2. The first-order valence-corrected chi connectivity index (χ1v) is 9.44. The third-order valence-electron chi connectivity index (χ3n) is 4.65. The van der Waals surface area contributed by atoms with Gasteiger partial charge in [-0.3, -0.25) is 4.99 Å². The van der Waals surface area contributed by atoms with Crippen molar-refractivity contribution in [1.29, 1.82) is 0 Å². The van der Waals surface area contributed by atoms with Crippen molar-refractivity contribution in [3.05, 3.63) is 59.8 Å². The SMILES string of the molecule is CN=C(NCCc1ccccc1)NCc1cccnc1OC1CCCC1. The van der Waals surface area contributed by atoms with E-state index in [1.54, 1.807) is 13.2 Å². The molecule has 2 aromatic rings. The summed E-state index contributed by atoms with van der Waals surface area (Å²) in [6.45, 7) is 1.48. The highest BCUT2D eigenvalue weighted by Gasteiger charge is 2.18. The molecule has 5 heteroatoms. The second-order valence-corrected chi connectivity index (χ2v) is 6.58. The standard InChI is InChI=1S/C21H28N4O/c1-22-21(24-15-13-17-8-3-2-4-9-17)25-16-18-10-7-14-23-20(18)26-19-11-5-6-12-19/h2-4,7-10,14,19H,5-6,11-13,15-16H2,1H3,(H2,22,24,25). The van der Waals surface area contributed by atoms with E-state index < -0.39 is 0 Å². The molecule has 1 aromatic carbocycles. The lowest BCUT2D eigenvalue weighted by Gasteiger charge is -2.16. The fourth-order valence-electron chi connectivity index (χ4n) is 3.20. The van der Waals surface area contributed by atoms with Crippen LogP contribution in [0.1, 0.15) is 36.8 Å². The number of pyridine rings is 1. The van der Waals surface area contributed by atoms with Crippen molar-refractivity contribution in [2.75, 3.05) is 13.6 Å². The number of aliphatic imine (C=N–C) groups is 1. The van der Waals surface area contributed by atoms with Crippen LogP contribution >= 0.6 is 0 Å². The summed E-state index contributed by atoms with van der Waals surface area (Å²) >= 11 is 0. The van der Waals surface area contributed by atoms with Gasteiger partial charge in [-0.2, -0.15) is 0 Å². The van der Waals surface area contributed by atoms with E-state index in [1.165, 1.54) is 18.4 Å². The zero-order valence-electron chi connectivity index (χ0n) is 15.4. The average molecular weight is 352 g/mol. The van der Waals surface area contributed by atoms with E-state index in [-0.39, 0.29) is 0 Å². The van der Waals surface area contributed by atoms with Gasteiger partial charge in [0.05, 0.1) is 0 Å². The van der Waals surface area contributed by atoms with Crippen LogP contribution in [0.25, 0.3) is 0 Å². The number of benzene rings is 1. The van der Waals surface area contributed by atoms with Crippen LogP contribution in [-0.2, 0) is 13.0 Å². The predicted molar refractivity (Wildman–Crippen MR) is 105 cm³/mol. The predicted octanol–water partition coefficient (Wildman–Crippen LogP) is 3.31. The Hall–Kier alpha value is -2.56. The highest BCUT2D eigenvalue weighted by Crippen LogP contribution is 2.24. The summed E-state index contributed by atoms with van der Waals surface area (Å²) in [4.78, 5) is 8.73. The maximum atomic E-state index is 6.10. The van der Waals surface area contributed by atoms with Crippen LogP contribution in [0.3, 0.4) is 0 Å². The summed E-state index contributed by atoms with van der Waals surface area (Å²) in [7, 11) is 1.79. The molecule has 3 rings (SSSR count). The molecule has 1 aromatic heterocycles. The lowest BCUT2D eigenvalue weighted by molar-refractivity contribution is 0.199. The molecule has 0 saturated heterocycles. The normalized spacial score (nSPS) is 15.0. The minimum Gasteiger partial charge on any atom is -0.474 e. The maximum absolute atomic E-state index is 6.10. The van der Waals surface area contributed by atoms with Crippen molar-refractivity contribution in [3.63, 3.8) is 0 Å². The number of nitrogens with zero attached hydrogens (tertiary/aromatic N) is 2. The summed E-state index contributed by atoms with van der Waals surface area (Å²) in [5.41, 5.74) is 2.38. The van der Waals surface area contributed by atoms with Gasteiger partial charge in [-0.05, 0) is 43.7 Å². The molecule has 0 atom stereocenters. The molecule has 26 heavy (non-hydrogen) atoms. The summed E-state index contributed by atoms with van der Waals surface area (Å²) in [6, 6.07) is 14.5. The van der Waals surface area contributed by atoms with Gasteiger partial charge in [0.25, 0.3) is 0 Å². The zero-order valence-corrected chi connectivity index (χ0v) is 15.4. The van der Waals surface area contributed by atoms with Gasteiger partial charge in [-0.25, -0.2) is 4.98 Å². The van der Waals surface area contributed by atoms with Crippen LogP contribution in [0.5, 0.6) is 5.88 Å². The van der Waals surface area contributed by atoms with Crippen molar-refractivity contribution < 1.29 is 4.74 Å². The van der Waals surface area contributed by atoms with Gasteiger partial charge in [0, 0.05) is 31.9 Å². The molecular weight excluding hydrogens is 324 g/mol. The third-order valence-corrected chi connectivity index (χ3v) is 4.65. The number of hydrogen-bond donors (Lipinski definition) is 2. The van der Waals surface area contributed by atoms with Gasteiger partial charge in [0.2, 0.25) is 5.88 Å². The van der Waals surface area contributed by atoms with Crippen molar-refractivity contribution in [2.24, 2.45) is 4.99 Å². The van der Waals surface area contributed by atoms with Gasteiger partial charge >= 0.3 is 0 Å². The Morgan fingerprint density at radius 1 is 1.12 bits per heavy atom. The fraction of sp³-hybridized carbons (Fsp3) is 0.429. The Bertz CT molecular complexity index is 696. The van der Waals surface area contributed by atoms with Gasteiger partial charge < -0.3 is 15.4 Å². The van der Waals surface area contributed by atoms with Crippen molar-refractivity contribution in [3.8, 4) is 5.88 Å². The van der Waals surface area contributed by atoms with Crippen LogP contribution in [0.4, 0.5) is 0 Å². The summed E-state index contributed by atoms with van der Waals surface area (Å²) in [5.74, 6) is 1.53. The van der Waals surface area contributed by atoms with Crippen LogP contribution in [0.15, 0.2) is 53.7 Å². The zero-order chi connectivity index (χ0) is 18.0. The molecule has 1 aliphatic carbocycles.